The molecule has 5 nitrogen and oxygen atoms in total. The Hall–Kier alpha value is -0.630. The van der Waals surface area contributed by atoms with Gasteiger partial charge in [-0.05, 0) is 35.9 Å². The minimum atomic E-state index is -0.266. The lowest BCUT2D eigenvalue weighted by Crippen LogP contribution is -2.41. The van der Waals surface area contributed by atoms with Gasteiger partial charge in [0.1, 0.15) is 0 Å². The summed E-state index contributed by atoms with van der Waals surface area (Å²) < 4.78 is 8.62. The number of ether oxygens (including phenoxy) is 1. The second-order valence-electron chi connectivity index (χ2n) is 3.61. The molecule has 0 saturated carbocycles. The number of aryl methyl sites for hydroxylation is 1. The first-order chi connectivity index (χ1) is 8.11. The molecule has 1 aromatic heterocycles. The standard InChI is InChI=1S/C11H17IN2O3/c1-3-6-17-7-5-14-10(15)9(12)8-13(4-2)11(14)16/h8H,3-7H2,1-2H3. The third-order valence-electron chi connectivity index (χ3n) is 2.34. The van der Waals surface area contributed by atoms with E-state index in [4.69, 9.17) is 4.74 Å². The van der Waals surface area contributed by atoms with Crippen LogP contribution in [-0.2, 0) is 17.8 Å². The molecule has 0 unspecified atom stereocenters. The lowest BCUT2D eigenvalue weighted by Gasteiger charge is -2.09. The summed E-state index contributed by atoms with van der Waals surface area (Å²) in [5.74, 6) is 0. The Labute approximate surface area is 114 Å². The summed E-state index contributed by atoms with van der Waals surface area (Å²) in [5.41, 5.74) is -0.501. The van der Waals surface area contributed by atoms with Crippen LogP contribution in [0.3, 0.4) is 0 Å². The van der Waals surface area contributed by atoms with E-state index in [0.29, 0.717) is 29.9 Å². The molecule has 0 atom stereocenters. The summed E-state index contributed by atoms with van der Waals surface area (Å²) >= 11 is 1.95. The molecule has 0 aromatic carbocycles. The molecule has 0 N–H and O–H groups in total. The molecule has 0 radical (unpaired) electrons. The minimum absolute atomic E-state index is 0.236. The van der Waals surface area contributed by atoms with E-state index in [0.717, 1.165) is 6.42 Å². The Morgan fingerprint density at radius 3 is 2.59 bits per heavy atom. The highest BCUT2D eigenvalue weighted by molar-refractivity contribution is 14.1. The van der Waals surface area contributed by atoms with Gasteiger partial charge in [-0.25, -0.2) is 4.79 Å². The number of aromatic nitrogens is 2. The van der Waals surface area contributed by atoms with Crippen molar-refractivity contribution in [2.24, 2.45) is 0 Å². The lowest BCUT2D eigenvalue weighted by molar-refractivity contribution is 0.125. The number of halogens is 1. The van der Waals surface area contributed by atoms with Crippen LogP contribution >= 0.6 is 22.6 Å². The molecule has 6 heteroatoms. The first kappa shape index (κ1) is 14.4. The zero-order valence-electron chi connectivity index (χ0n) is 10.1. The molecular formula is C11H17IN2O3. The molecule has 0 aliphatic heterocycles. The molecule has 0 fully saturated rings. The maximum Gasteiger partial charge on any atom is 0.331 e. The van der Waals surface area contributed by atoms with Crippen LogP contribution in [0.2, 0.25) is 0 Å². The van der Waals surface area contributed by atoms with Crippen LogP contribution in [-0.4, -0.2) is 22.3 Å². The number of hydrogen-bond donors (Lipinski definition) is 0. The van der Waals surface area contributed by atoms with Crippen molar-refractivity contribution in [2.75, 3.05) is 13.2 Å². The maximum absolute atomic E-state index is 11.9. The van der Waals surface area contributed by atoms with Crippen LogP contribution in [0.5, 0.6) is 0 Å². The van der Waals surface area contributed by atoms with E-state index in [9.17, 15) is 9.59 Å². The Morgan fingerprint density at radius 1 is 1.29 bits per heavy atom. The van der Waals surface area contributed by atoms with Crippen molar-refractivity contribution in [2.45, 2.75) is 33.4 Å². The molecule has 1 rings (SSSR count). The molecule has 0 spiro atoms. The van der Waals surface area contributed by atoms with Gasteiger partial charge in [0.2, 0.25) is 0 Å². The highest BCUT2D eigenvalue weighted by Gasteiger charge is 2.08. The van der Waals surface area contributed by atoms with Crippen molar-refractivity contribution in [1.29, 1.82) is 0 Å². The van der Waals surface area contributed by atoms with Gasteiger partial charge in [-0.2, -0.15) is 0 Å². The highest BCUT2D eigenvalue weighted by atomic mass is 127. The Kier molecular flexibility index (Phi) is 5.90. The highest BCUT2D eigenvalue weighted by Crippen LogP contribution is 1.94. The van der Waals surface area contributed by atoms with Crippen molar-refractivity contribution >= 4 is 22.6 Å². The monoisotopic (exact) mass is 352 g/mol. The Balaban J connectivity index is 2.94. The fourth-order valence-electron chi connectivity index (χ4n) is 1.44. The SMILES string of the molecule is CCCOCCn1c(=O)c(I)cn(CC)c1=O. The second-order valence-corrected chi connectivity index (χ2v) is 4.78. The quantitative estimate of drug-likeness (QED) is 0.568. The number of hydrogen-bond acceptors (Lipinski definition) is 3. The topological polar surface area (TPSA) is 53.2 Å². The molecular weight excluding hydrogens is 335 g/mol. The Bertz CT molecular complexity index is 479. The summed E-state index contributed by atoms with van der Waals surface area (Å²) in [7, 11) is 0. The predicted molar refractivity (Wildman–Crippen MR) is 74.5 cm³/mol. The summed E-state index contributed by atoms with van der Waals surface area (Å²) in [6, 6.07) is 0. The summed E-state index contributed by atoms with van der Waals surface area (Å²) in [4.78, 5) is 23.7. The van der Waals surface area contributed by atoms with E-state index in [2.05, 4.69) is 0 Å². The largest absolute Gasteiger partial charge is 0.380 e. The molecule has 0 saturated heterocycles. The minimum Gasteiger partial charge on any atom is -0.380 e. The second kappa shape index (κ2) is 6.95. The fourth-order valence-corrected chi connectivity index (χ4v) is 2.07. The molecule has 0 bridgehead atoms. The van der Waals surface area contributed by atoms with Gasteiger partial charge >= 0.3 is 5.69 Å². The van der Waals surface area contributed by atoms with Crippen LogP contribution in [0, 0.1) is 3.57 Å². The van der Waals surface area contributed by atoms with Crippen LogP contribution in [0.25, 0.3) is 0 Å². The molecule has 17 heavy (non-hydrogen) atoms. The lowest BCUT2D eigenvalue weighted by atomic mass is 10.5. The molecule has 0 aliphatic rings. The third kappa shape index (κ3) is 3.67. The zero-order valence-corrected chi connectivity index (χ0v) is 12.3. The summed E-state index contributed by atoms with van der Waals surface area (Å²) in [5, 5.41) is 0. The number of nitrogens with zero attached hydrogens (tertiary/aromatic N) is 2. The van der Waals surface area contributed by atoms with Gasteiger partial charge < -0.3 is 4.74 Å². The molecule has 0 amide bonds. The average molecular weight is 352 g/mol. The van der Waals surface area contributed by atoms with Crippen LogP contribution in [0.15, 0.2) is 15.8 Å². The van der Waals surface area contributed by atoms with Gasteiger partial charge in [0, 0.05) is 19.3 Å². The van der Waals surface area contributed by atoms with Gasteiger partial charge in [0.15, 0.2) is 0 Å². The zero-order chi connectivity index (χ0) is 12.8. The van der Waals surface area contributed by atoms with E-state index in [1.807, 2.05) is 36.4 Å². The van der Waals surface area contributed by atoms with Crippen LogP contribution in [0.1, 0.15) is 20.3 Å². The van der Waals surface area contributed by atoms with Crippen LogP contribution < -0.4 is 11.2 Å². The third-order valence-corrected chi connectivity index (χ3v) is 3.08. The smallest absolute Gasteiger partial charge is 0.331 e. The van der Waals surface area contributed by atoms with Gasteiger partial charge in [-0.1, -0.05) is 6.92 Å². The Morgan fingerprint density at radius 2 is 2.00 bits per heavy atom. The van der Waals surface area contributed by atoms with E-state index < -0.39 is 0 Å². The maximum atomic E-state index is 11.9. The van der Waals surface area contributed by atoms with Gasteiger partial charge in [-0.3, -0.25) is 13.9 Å². The van der Waals surface area contributed by atoms with Gasteiger partial charge in [0.05, 0.1) is 16.7 Å². The predicted octanol–water partition coefficient (Wildman–Crippen LogP) is 1.06. The first-order valence-electron chi connectivity index (χ1n) is 5.69. The number of rotatable bonds is 6. The van der Waals surface area contributed by atoms with E-state index in [1.54, 1.807) is 6.20 Å². The van der Waals surface area contributed by atoms with Gasteiger partial charge in [-0.15, -0.1) is 0 Å². The van der Waals surface area contributed by atoms with Crippen molar-refractivity contribution in [3.63, 3.8) is 0 Å². The van der Waals surface area contributed by atoms with E-state index in [1.165, 1.54) is 9.13 Å². The first-order valence-corrected chi connectivity index (χ1v) is 6.77. The molecule has 0 aliphatic carbocycles. The van der Waals surface area contributed by atoms with Crippen molar-refractivity contribution in [3.05, 3.63) is 30.6 Å². The summed E-state index contributed by atoms with van der Waals surface area (Å²) in [6.45, 7) is 5.81. The average Bonchev–Trinajstić information content (AvgIpc) is 2.33. The molecule has 1 aromatic rings. The fraction of sp³-hybridized carbons (Fsp3) is 0.636. The van der Waals surface area contributed by atoms with Crippen molar-refractivity contribution in [3.8, 4) is 0 Å². The summed E-state index contributed by atoms with van der Waals surface area (Å²) in [6.07, 6.45) is 2.52. The van der Waals surface area contributed by atoms with Crippen molar-refractivity contribution < 1.29 is 4.74 Å². The normalized spacial score (nSPS) is 10.8. The van der Waals surface area contributed by atoms with E-state index in [-0.39, 0.29) is 11.2 Å². The van der Waals surface area contributed by atoms with Crippen molar-refractivity contribution in [1.82, 2.24) is 9.13 Å². The molecule has 96 valence electrons. The van der Waals surface area contributed by atoms with Gasteiger partial charge in [0.25, 0.3) is 5.56 Å². The van der Waals surface area contributed by atoms with E-state index >= 15 is 0 Å². The molecule has 1 heterocycles. The van der Waals surface area contributed by atoms with Crippen LogP contribution in [0.4, 0.5) is 0 Å².